The van der Waals surface area contributed by atoms with Gasteiger partial charge in [0, 0.05) is 0 Å². The van der Waals surface area contributed by atoms with Gasteiger partial charge in [0.2, 0.25) is 0 Å². The van der Waals surface area contributed by atoms with Crippen LogP contribution in [0.1, 0.15) is 17.5 Å². The van der Waals surface area contributed by atoms with Gasteiger partial charge in [0.25, 0.3) is 0 Å². The molecule has 11 heavy (non-hydrogen) atoms. The minimum Gasteiger partial charge on any atom is -0.399 e. The summed E-state index contributed by atoms with van der Waals surface area (Å²) in [5.41, 5.74) is 4.60. The summed E-state index contributed by atoms with van der Waals surface area (Å²) < 4.78 is 0. The summed E-state index contributed by atoms with van der Waals surface area (Å²) >= 11 is 1.45. The molecule has 0 aliphatic rings. The Kier molecular flexibility index (Phi) is 2.59. The Hall–Kier alpha value is -0.900. The Labute approximate surface area is 69.7 Å². The standard InChI is InChI=1S/C7H9N2OS/c1-5-7(11-4-8-5)6(2)9-10-3/h1-3H3/b9-6+. The Balaban J connectivity index is 2.92. The fourth-order valence-corrected chi connectivity index (χ4v) is 1.43. The topological polar surface area (TPSA) is 34.5 Å². The van der Waals surface area contributed by atoms with Gasteiger partial charge in [-0.15, -0.1) is 11.3 Å². The first-order chi connectivity index (χ1) is 5.25. The van der Waals surface area contributed by atoms with E-state index in [9.17, 15) is 0 Å². The highest BCUT2D eigenvalue weighted by atomic mass is 32.1. The van der Waals surface area contributed by atoms with Gasteiger partial charge in [0.1, 0.15) is 7.11 Å². The zero-order chi connectivity index (χ0) is 8.27. The summed E-state index contributed by atoms with van der Waals surface area (Å²) in [5, 5.41) is 3.79. The molecule has 0 bridgehead atoms. The summed E-state index contributed by atoms with van der Waals surface area (Å²) in [5.74, 6) is 0. The highest BCUT2D eigenvalue weighted by Gasteiger charge is 2.04. The number of oxime groups is 1. The molecule has 0 unspecified atom stereocenters. The monoisotopic (exact) mass is 169 g/mol. The number of nitrogens with zero attached hydrogens (tertiary/aromatic N) is 2. The first kappa shape index (κ1) is 8.20. The van der Waals surface area contributed by atoms with E-state index in [1.165, 1.54) is 18.4 Å². The number of rotatable bonds is 2. The van der Waals surface area contributed by atoms with Crippen LogP contribution >= 0.6 is 11.3 Å². The summed E-state index contributed by atoms with van der Waals surface area (Å²) in [6, 6.07) is 0. The van der Waals surface area contributed by atoms with Crippen LogP contribution in [0.3, 0.4) is 0 Å². The lowest BCUT2D eigenvalue weighted by molar-refractivity contribution is 0.213. The SMILES string of the molecule is CO/N=C(\C)c1s[c]nc1C. The summed E-state index contributed by atoms with van der Waals surface area (Å²) in [4.78, 5) is 9.65. The highest BCUT2D eigenvalue weighted by Crippen LogP contribution is 2.12. The van der Waals surface area contributed by atoms with Gasteiger partial charge < -0.3 is 4.84 Å². The van der Waals surface area contributed by atoms with E-state index >= 15 is 0 Å². The zero-order valence-electron chi connectivity index (χ0n) is 6.71. The second kappa shape index (κ2) is 3.48. The number of hydrogen-bond acceptors (Lipinski definition) is 4. The third kappa shape index (κ3) is 1.77. The van der Waals surface area contributed by atoms with Crippen LogP contribution in [-0.4, -0.2) is 17.8 Å². The molecule has 0 spiro atoms. The molecule has 59 valence electrons. The molecule has 0 N–H and O–H groups in total. The Morgan fingerprint density at radius 1 is 1.73 bits per heavy atom. The molecule has 1 aromatic heterocycles. The fraction of sp³-hybridized carbons (Fsp3) is 0.429. The second-order valence-electron chi connectivity index (χ2n) is 2.08. The van der Waals surface area contributed by atoms with Crippen molar-refractivity contribution in [3.05, 3.63) is 16.1 Å². The van der Waals surface area contributed by atoms with Gasteiger partial charge in [-0.05, 0) is 13.8 Å². The molecular weight excluding hydrogens is 160 g/mol. The van der Waals surface area contributed by atoms with E-state index < -0.39 is 0 Å². The van der Waals surface area contributed by atoms with Crippen LogP contribution in [0.2, 0.25) is 0 Å². The molecule has 0 aliphatic carbocycles. The predicted molar refractivity (Wildman–Crippen MR) is 44.9 cm³/mol. The maximum Gasteiger partial charge on any atom is 0.153 e. The molecule has 0 saturated heterocycles. The normalized spacial score (nSPS) is 11.7. The number of hydrogen-bond donors (Lipinski definition) is 0. The quantitative estimate of drug-likeness (QED) is 0.498. The van der Waals surface area contributed by atoms with E-state index in [1.807, 2.05) is 13.8 Å². The Morgan fingerprint density at radius 3 is 2.91 bits per heavy atom. The van der Waals surface area contributed by atoms with Crippen LogP contribution < -0.4 is 0 Å². The zero-order valence-corrected chi connectivity index (χ0v) is 7.53. The van der Waals surface area contributed by atoms with Crippen LogP contribution in [0.5, 0.6) is 0 Å². The van der Waals surface area contributed by atoms with E-state index in [1.54, 1.807) is 0 Å². The molecule has 0 amide bonds. The largest absolute Gasteiger partial charge is 0.399 e. The number of aromatic nitrogens is 1. The molecule has 0 aromatic carbocycles. The highest BCUT2D eigenvalue weighted by molar-refractivity contribution is 7.11. The van der Waals surface area contributed by atoms with Crippen LogP contribution in [0.25, 0.3) is 0 Å². The third-order valence-corrected chi connectivity index (χ3v) is 2.22. The van der Waals surface area contributed by atoms with E-state index in [4.69, 9.17) is 0 Å². The number of aryl methyl sites for hydroxylation is 1. The van der Waals surface area contributed by atoms with Crippen molar-refractivity contribution >= 4 is 17.0 Å². The van der Waals surface area contributed by atoms with Crippen molar-refractivity contribution in [2.24, 2.45) is 5.16 Å². The molecule has 3 nitrogen and oxygen atoms in total. The summed E-state index contributed by atoms with van der Waals surface area (Å²) in [6.45, 7) is 3.81. The number of thiazole rings is 1. The van der Waals surface area contributed by atoms with Crippen molar-refractivity contribution in [2.75, 3.05) is 7.11 Å². The van der Waals surface area contributed by atoms with Gasteiger partial charge in [-0.2, -0.15) is 0 Å². The first-order valence-electron chi connectivity index (χ1n) is 3.17. The average molecular weight is 169 g/mol. The maximum atomic E-state index is 4.64. The van der Waals surface area contributed by atoms with E-state index in [0.29, 0.717) is 0 Å². The van der Waals surface area contributed by atoms with E-state index in [-0.39, 0.29) is 0 Å². The fourth-order valence-electron chi connectivity index (χ4n) is 0.776. The van der Waals surface area contributed by atoms with Gasteiger partial charge in [0.15, 0.2) is 5.51 Å². The third-order valence-electron chi connectivity index (χ3n) is 1.25. The second-order valence-corrected chi connectivity index (χ2v) is 2.87. The minimum atomic E-state index is 0.851. The smallest absolute Gasteiger partial charge is 0.153 e. The minimum absolute atomic E-state index is 0.851. The van der Waals surface area contributed by atoms with Gasteiger partial charge in [-0.1, -0.05) is 5.16 Å². The van der Waals surface area contributed by atoms with Crippen molar-refractivity contribution in [2.45, 2.75) is 13.8 Å². The lowest BCUT2D eigenvalue weighted by Crippen LogP contribution is -1.94. The van der Waals surface area contributed by atoms with Gasteiger partial charge in [0.05, 0.1) is 16.3 Å². The van der Waals surface area contributed by atoms with Crippen molar-refractivity contribution in [3.63, 3.8) is 0 Å². The molecule has 1 aromatic rings. The molecule has 4 heteroatoms. The van der Waals surface area contributed by atoms with Crippen LogP contribution in [0.4, 0.5) is 0 Å². The van der Waals surface area contributed by atoms with Crippen molar-refractivity contribution in [1.82, 2.24) is 4.98 Å². The van der Waals surface area contributed by atoms with Gasteiger partial charge in [-0.3, -0.25) is 0 Å². The van der Waals surface area contributed by atoms with Crippen molar-refractivity contribution < 1.29 is 4.84 Å². The van der Waals surface area contributed by atoms with Crippen LogP contribution in [0.15, 0.2) is 5.16 Å². The summed E-state index contributed by atoms with van der Waals surface area (Å²) in [6.07, 6.45) is 0. The van der Waals surface area contributed by atoms with Crippen LogP contribution in [0, 0.1) is 12.4 Å². The molecule has 1 rings (SSSR count). The Morgan fingerprint density at radius 2 is 2.45 bits per heavy atom. The predicted octanol–water partition coefficient (Wildman–Crippen LogP) is 1.62. The van der Waals surface area contributed by atoms with Gasteiger partial charge >= 0.3 is 0 Å². The Bertz CT molecular complexity index is 267. The summed E-state index contributed by atoms with van der Waals surface area (Å²) in [7, 11) is 1.53. The average Bonchev–Trinajstić information content (AvgIpc) is 2.36. The molecule has 0 fully saturated rings. The molecule has 0 aliphatic heterocycles. The molecular formula is C7H9N2OS. The van der Waals surface area contributed by atoms with E-state index in [0.717, 1.165) is 16.3 Å². The maximum absolute atomic E-state index is 4.64. The van der Waals surface area contributed by atoms with Crippen molar-refractivity contribution in [3.8, 4) is 0 Å². The lowest BCUT2D eigenvalue weighted by Gasteiger charge is -1.94. The first-order valence-corrected chi connectivity index (χ1v) is 3.99. The molecule has 0 atom stereocenters. The van der Waals surface area contributed by atoms with Crippen molar-refractivity contribution in [1.29, 1.82) is 0 Å². The molecule has 1 heterocycles. The lowest BCUT2D eigenvalue weighted by atomic mass is 10.3. The molecule has 1 radical (unpaired) electrons. The van der Waals surface area contributed by atoms with Gasteiger partial charge in [-0.25, -0.2) is 4.98 Å². The van der Waals surface area contributed by atoms with Crippen LogP contribution in [-0.2, 0) is 4.84 Å². The molecule has 0 saturated carbocycles. The van der Waals surface area contributed by atoms with E-state index in [2.05, 4.69) is 20.5 Å².